The zero-order valence-corrected chi connectivity index (χ0v) is 10.8. The number of carbonyl (C=O) groups is 1. The third-order valence-electron chi connectivity index (χ3n) is 3.75. The van der Waals surface area contributed by atoms with Crippen molar-refractivity contribution in [1.29, 1.82) is 0 Å². The van der Waals surface area contributed by atoms with Crippen LogP contribution in [0.3, 0.4) is 0 Å². The van der Waals surface area contributed by atoms with Crippen LogP contribution in [0.25, 0.3) is 0 Å². The molecule has 98 valence electrons. The molecule has 2 rings (SSSR count). The molecular weight excluding hydrogens is 230 g/mol. The van der Waals surface area contributed by atoms with Crippen LogP contribution in [-0.2, 0) is 0 Å². The molecule has 1 aliphatic rings. The molecule has 0 saturated heterocycles. The van der Waals surface area contributed by atoms with Gasteiger partial charge in [-0.05, 0) is 31.6 Å². The van der Waals surface area contributed by atoms with E-state index in [1.807, 2.05) is 11.9 Å². The molecule has 1 saturated carbocycles. The number of nitrogens with zero attached hydrogens (tertiary/aromatic N) is 3. The van der Waals surface area contributed by atoms with Crippen LogP contribution in [0.4, 0.5) is 5.82 Å². The summed E-state index contributed by atoms with van der Waals surface area (Å²) in [5.41, 5.74) is 0.0404. The van der Waals surface area contributed by atoms with E-state index in [1.165, 1.54) is 19.0 Å². The van der Waals surface area contributed by atoms with E-state index in [0.29, 0.717) is 11.9 Å². The molecule has 0 atom stereocenters. The zero-order valence-electron chi connectivity index (χ0n) is 10.8. The third kappa shape index (κ3) is 2.60. The van der Waals surface area contributed by atoms with Crippen molar-refractivity contribution >= 4 is 11.8 Å². The second kappa shape index (κ2) is 5.33. The van der Waals surface area contributed by atoms with Gasteiger partial charge in [0, 0.05) is 25.5 Å². The van der Waals surface area contributed by atoms with E-state index in [0.717, 1.165) is 18.8 Å². The fraction of sp³-hybridized carbons (Fsp3) is 0.615. The highest BCUT2D eigenvalue weighted by Crippen LogP contribution is 2.29. The van der Waals surface area contributed by atoms with Gasteiger partial charge < -0.3 is 10.0 Å². The number of carboxylic acids is 1. The van der Waals surface area contributed by atoms with Crippen molar-refractivity contribution in [2.45, 2.75) is 38.6 Å². The molecule has 1 aliphatic carbocycles. The van der Waals surface area contributed by atoms with Crippen LogP contribution >= 0.6 is 0 Å². The summed E-state index contributed by atoms with van der Waals surface area (Å²) in [6.07, 6.45) is 7.53. The fourth-order valence-electron chi connectivity index (χ4n) is 2.54. The normalized spacial score (nSPS) is 23.7. The molecule has 1 fully saturated rings. The van der Waals surface area contributed by atoms with Gasteiger partial charge in [-0.25, -0.2) is 14.8 Å². The number of rotatable bonds is 3. The van der Waals surface area contributed by atoms with Gasteiger partial charge in [0.25, 0.3) is 0 Å². The highest BCUT2D eigenvalue weighted by Gasteiger charge is 2.25. The predicted molar refractivity (Wildman–Crippen MR) is 68.8 cm³/mol. The summed E-state index contributed by atoms with van der Waals surface area (Å²) in [4.78, 5) is 21.2. The quantitative estimate of drug-likeness (QED) is 0.889. The minimum Gasteiger partial charge on any atom is -0.476 e. The molecule has 18 heavy (non-hydrogen) atoms. The fourth-order valence-corrected chi connectivity index (χ4v) is 2.54. The first-order valence-electron chi connectivity index (χ1n) is 6.36. The number of aromatic carboxylic acids is 1. The van der Waals surface area contributed by atoms with Crippen LogP contribution < -0.4 is 4.90 Å². The van der Waals surface area contributed by atoms with Crippen molar-refractivity contribution in [1.82, 2.24) is 9.97 Å². The molecule has 5 nitrogen and oxygen atoms in total. The lowest BCUT2D eigenvalue weighted by Gasteiger charge is -2.34. The Morgan fingerprint density at radius 3 is 2.50 bits per heavy atom. The molecule has 1 aromatic rings. The van der Waals surface area contributed by atoms with Gasteiger partial charge in [0.1, 0.15) is 0 Å². The summed E-state index contributed by atoms with van der Waals surface area (Å²) in [5, 5.41) is 9.13. The summed E-state index contributed by atoms with van der Waals surface area (Å²) in [6, 6.07) is 0.371. The van der Waals surface area contributed by atoms with Crippen molar-refractivity contribution in [2.75, 3.05) is 11.9 Å². The van der Waals surface area contributed by atoms with E-state index >= 15 is 0 Å². The number of anilines is 1. The number of hydrogen-bond acceptors (Lipinski definition) is 4. The molecule has 0 unspecified atom stereocenters. The Bertz CT molecular complexity index is 428. The molecule has 1 N–H and O–H groups in total. The first-order valence-corrected chi connectivity index (χ1v) is 6.36. The maximum atomic E-state index is 11.1. The number of aromatic nitrogens is 2. The van der Waals surface area contributed by atoms with E-state index < -0.39 is 5.97 Å². The Balaban J connectivity index is 2.18. The van der Waals surface area contributed by atoms with E-state index in [9.17, 15) is 4.79 Å². The lowest BCUT2D eigenvalue weighted by molar-refractivity contribution is 0.0690. The van der Waals surface area contributed by atoms with Gasteiger partial charge in [-0.1, -0.05) is 6.92 Å². The van der Waals surface area contributed by atoms with E-state index in [1.54, 1.807) is 6.20 Å². The van der Waals surface area contributed by atoms with Crippen LogP contribution in [0.5, 0.6) is 0 Å². The molecule has 0 amide bonds. The molecule has 5 heteroatoms. The summed E-state index contributed by atoms with van der Waals surface area (Å²) >= 11 is 0. The smallest absolute Gasteiger partial charge is 0.358 e. The van der Waals surface area contributed by atoms with Crippen molar-refractivity contribution < 1.29 is 9.90 Å². The third-order valence-corrected chi connectivity index (χ3v) is 3.75. The van der Waals surface area contributed by atoms with Crippen LogP contribution in [0, 0.1) is 5.92 Å². The van der Waals surface area contributed by atoms with Crippen LogP contribution in [0.15, 0.2) is 12.4 Å². The molecule has 0 aliphatic heterocycles. The van der Waals surface area contributed by atoms with Gasteiger partial charge in [-0.15, -0.1) is 0 Å². The lowest BCUT2D eigenvalue weighted by atomic mass is 9.87. The van der Waals surface area contributed by atoms with Gasteiger partial charge in [0.2, 0.25) is 0 Å². The van der Waals surface area contributed by atoms with Crippen molar-refractivity contribution in [2.24, 2.45) is 5.92 Å². The maximum absolute atomic E-state index is 11.1. The summed E-state index contributed by atoms with van der Waals surface area (Å²) < 4.78 is 0. The maximum Gasteiger partial charge on any atom is 0.358 e. The minimum absolute atomic E-state index is 0.0404. The average molecular weight is 249 g/mol. The molecule has 0 radical (unpaired) electrons. The van der Waals surface area contributed by atoms with E-state index in [-0.39, 0.29) is 5.69 Å². The van der Waals surface area contributed by atoms with E-state index in [4.69, 9.17) is 5.11 Å². The molecule has 0 aromatic carbocycles. The van der Waals surface area contributed by atoms with Crippen LogP contribution in [0.1, 0.15) is 43.1 Å². The summed E-state index contributed by atoms with van der Waals surface area (Å²) in [6.45, 7) is 2.27. The first kappa shape index (κ1) is 12.8. The van der Waals surface area contributed by atoms with Gasteiger partial charge in [-0.2, -0.15) is 0 Å². The molecule has 0 bridgehead atoms. The molecule has 1 aromatic heterocycles. The SMILES string of the molecule is CC1CCC(N(C)c2nccnc2C(=O)O)CC1. The summed E-state index contributed by atoms with van der Waals surface area (Å²) in [7, 11) is 1.91. The lowest BCUT2D eigenvalue weighted by Crippen LogP contribution is -2.36. The predicted octanol–water partition coefficient (Wildman–Crippen LogP) is 2.19. The Labute approximate surface area is 107 Å². The van der Waals surface area contributed by atoms with Gasteiger partial charge in [0.15, 0.2) is 11.5 Å². The van der Waals surface area contributed by atoms with E-state index in [2.05, 4.69) is 16.9 Å². The van der Waals surface area contributed by atoms with Crippen molar-refractivity contribution in [3.05, 3.63) is 18.1 Å². The standard InChI is InChI=1S/C13H19N3O2/c1-9-3-5-10(6-4-9)16(2)12-11(13(17)18)14-7-8-15-12/h7-10H,3-6H2,1-2H3,(H,17,18). The van der Waals surface area contributed by atoms with Crippen molar-refractivity contribution in [3.63, 3.8) is 0 Å². The van der Waals surface area contributed by atoms with Gasteiger partial charge in [0.05, 0.1) is 0 Å². The highest BCUT2D eigenvalue weighted by atomic mass is 16.4. The van der Waals surface area contributed by atoms with Crippen LogP contribution in [-0.4, -0.2) is 34.1 Å². The first-order chi connectivity index (χ1) is 8.59. The Morgan fingerprint density at radius 2 is 1.89 bits per heavy atom. The van der Waals surface area contributed by atoms with Crippen LogP contribution in [0.2, 0.25) is 0 Å². The largest absolute Gasteiger partial charge is 0.476 e. The highest BCUT2D eigenvalue weighted by molar-refractivity contribution is 5.90. The monoisotopic (exact) mass is 249 g/mol. The second-order valence-electron chi connectivity index (χ2n) is 5.06. The molecular formula is C13H19N3O2. The Kier molecular flexibility index (Phi) is 3.79. The number of hydrogen-bond donors (Lipinski definition) is 1. The molecule has 1 heterocycles. The average Bonchev–Trinajstić information content (AvgIpc) is 2.39. The topological polar surface area (TPSA) is 66.3 Å². The zero-order chi connectivity index (χ0) is 13.1. The summed E-state index contributed by atoms with van der Waals surface area (Å²) in [5.74, 6) is 0.231. The second-order valence-corrected chi connectivity index (χ2v) is 5.06. The minimum atomic E-state index is -1.02. The Hall–Kier alpha value is -1.65. The van der Waals surface area contributed by atoms with Crippen molar-refractivity contribution in [3.8, 4) is 0 Å². The van der Waals surface area contributed by atoms with Gasteiger partial charge >= 0.3 is 5.97 Å². The number of carboxylic acid groups (broad SMARTS) is 1. The van der Waals surface area contributed by atoms with Gasteiger partial charge in [-0.3, -0.25) is 0 Å². The Morgan fingerprint density at radius 1 is 1.28 bits per heavy atom. The molecule has 0 spiro atoms.